The van der Waals surface area contributed by atoms with Gasteiger partial charge in [0.15, 0.2) is 0 Å². The number of rotatable bonds is 2. The number of amides is 1. The first-order valence-electron chi connectivity index (χ1n) is 9.37. The van der Waals surface area contributed by atoms with Crippen LogP contribution in [0.3, 0.4) is 0 Å². The van der Waals surface area contributed by atoms with Crippen molar-refractivity contribution < 1.29 is 4.79 Å². The Bertz CT molecular complexity index is 1110. The van der Waals surface area contributed by atoms with Crippen LogP contribution >= 0.6 is 0 Å². The lowest BCUT2D eigenvalue weighted by molar-refractivity contribution is 0.0699. The number of fused-ring (bicyclic) bond motifs is 2. The van der Waals surface area contributed by atoms with E-state index in [0.717, 1.165) is 47.5 Å². The molecule has 0 aliphatic carbocycles. The summed E-state index contributed by atoms with van der Waals surface area (Å²) in [6.45, 7) is 3.47. The van der Waals surface area contributed by atoms with E-state index < -0.39 is 0 Å². The molecule has 27 heavy (non-hydrogen) atoms. The van der Waals surface area contributed by atoms with E-state index in [4.69, 9.17) is 4.98 Å². The Kier molecular flexibility index (Phi) is 3.70. The number of aromatic amines is 1. The molecule has 136 valence electrons. The maximum absolute atomic E-state index is 13.0. The molecule has 1 N–H and O–H groups in total. The molecule has 5 rings (SSSR count). The van der Waals surface area contributed by atoms with E-state index >= 15 is 0 Å². The fourth-order valence-electron chi connectivity index (χ4n) is 3.92. The zero-order valence-corrected chi connectivity index (χ0v) is 15.2. The highest BCUT2D eigenvalue weighted by molar-refractivity contribution is 5.93. The highest BCUT2D eigenvalue weighted by Crippen LogP contribution is 2.27. The van der Waals surface area contributed by atoms with Crippen molar-refractivity contribution in [3.05, 3.63) is 65.9 Å². The first kappa shape index (κ1) is 16.1. The number of aryl methyl sites for hydroxylation is 1. The van der Waals surface area contributed by atoms with Gasteiger partial charge in [-0.25, -0.2) is 9.97 Å². The van der Waals surface area contributed by atoms with E-state index in [2.05, 4.69) is 9.97 Å². The maximum Gasteiger partial charge on any atom is 0.274 e. The van der Waals surface area contributed by atoms with Crippen molar-refractivity contribution in [1.82, 2.24) is 24.3 Å². The number of para-hydroxylation sites is 2. The lowest BCUT2D eigenvalue weighted by Crippen LogP contribution is -2.39. The molecule has 1 fully saturated rings. The molecule has 0 spiro atoms. The summed E-state index contributed by atoms with van der Waals surface area (Å²) in [7, 11) is 0. The number of aromatic nitrogens is 4. The van der Waals surface area contributed by atoms with Crippen molar-refractivity contribution >= 4 is 22.6 Å². The van der Waals surface area contributed by atoms with E-state index in [0.29, 0.717) is 12.2 Å². The number of likely N-dealkylation sites (tertiary alicyclic amines) is 1. The Balaban J connectivity index is 1.40. The van der Waals surface area contributed by atoms with Crippen LogP contribution in [0.25, 0.3) is 16.7 Å². The van der Waals surface area contributed by atoms with E-state index in [-0.39, 0.29) is 11.8 Å². The number of hydrogen-bond donors (Lipinski definition) is 1. The fourth-order valence-corrected chi connectivity index (χ4v) is 3.92. The van der Waals surface area contributed by atoms with E-state index in [9.17, 15) is 4.79 Å². The molecule has 1 amide bonds. The summed E-state index contributed by atoms with van der Waals surface area (Å²) in [5, 5.41) is 0. The second kappa shape index (κ2) is 6.23. The van der Waals surface area contributed by atoms with Crippen LogP contribution in [0, 0.1) is 6.92 Å². The summed E-state index contributed by atoms with van der Waals surface area (Å²) in [6.07, 6.45) is 5.83. The average Bonchev–Trinajstić information content (AvgIpc) is 3.31. The predicted octanol–water partition coefficient (Wildman–Crippen LogP) is 3.54. The summed E-state index contributed by atoms with van der Waals surface area (Å²) < 4.78 is 1.92. The molecule has 0 saturated carbocycles. The number of H-pyrrole nitrogens is 1. The van der Waals surface area contributed by atoms with E-state index in [1.165, 1.54) is 0 Å². The highest BCUT2D eigenvalue weighted by atomic mass is 16.2. The minimum Gasteiger partial charge on any atom is -0.342 e. The maximum atomic E-state index is 13.0. The van der Waals surface area contributed by atoms with Gasteiger partial charge in [-0.2, -0.15) is 0 Å². The molecular weight excluding hydrogens is 338 g/mol. The Morgan fingerprint density at radius 2 is 2.04 bits per heavy atom. The molecule has 4 heterocycles. The number of carbonyl (C=O) groups excluding carboxylic acids is 1. The number of benzene rings is 1. The smallest absolute Gasteiger partial charge is 0.274 e. The van der Waals surface area contributed by atoms with Gasteiger partial charge in [0.1, 0.15) is 17.2 Å². The lowest BCUT2D eigenvalue weighted by atomic mass is 9.97. The van der Waals surface area contributed by atoms with Crippen LogP contribution in [-0.4, -0.2) is 43.2 Å². The van der Waals surface area contributed by atoms with Gasteiger partial charge in [0.05, 0.1) is 11.0 Å². The molecule has 1 aliphatic rings. The van der Waals surface area contributed by atoms with Crippen molar-refractivity contribution in [3.8, 4) is 0 Å². The zero-order valence-electron chi connectivity index (χ0n) is 15.2. The number of pyridine rings is 1. The topological polar surface area (TPSA) is 66.3 Å². The molecule has 1 atom stereocenters. The SMILES string of the molecule is Cc1ccc2nc(C(=O)N3CCC[C@@H](c4nc5ccccc5[nH]4)C3)cn2c1. The van der Waals surface area contributed by atoms with E-state index in [1.54, 1.807) is 0 Å². The summed E-state index contributed by atoms with van der Waals surface area (Å²) in [5.41, 5.74) is 4.47. The van der Waals surface area contributed by atoms with Crippen LogP contribution in [0.2, 0.25) is 0 Å². The Labute approximate surface area is 156 Å². The van der Waals surface area contributed by atoms with Gasteiger partial charge in [-0.1, -0.05) is 18.2 Å². The van der Waals surface area contributed by atoms with Gasteiger partial charge < -0.3 is 14.3 Å². The largest absolute Gasteiger partial charge is 0.342 e. The lowest BCUT2D eigenvalue weighted by Gasteiger charge is -2.31. The first-order valence-corrected chi connectivity index (χ1v) is 9.37. The molecule has 0 unspecified atom stereocenters. The number of piperidine rings is 1. The molecule has 4 aromatic rings. The van der Waals surface area contributed by atoms with Gasteiger partial charge in [-0.3, -0.25) is 4.79 Å². The van der Waals surface area contributed by atoms with Crippen LogP contribution in [0.4, 0.5) is 0 Å². The zero-order chi connectivity index (χ0) is 18.4. The molecule has 6 nitrogen and oxygen atoms in total. The van der Waals surface area contributed by atoms with Crippen molar-refractivity contribution in [2.75, 3.05) is 13.1 Å². The van der Waals surface area contributed by atoms with Gasteiger partial charge in [0.2, 0.25) is 0 Å². The minimum absolute atomic E-state index is 0.00263. The van der Waals surface area contributed by atoms with Crippen LogP contribution in [0.15, 0.2) is 48.8 Å². The summed E-state index contributed by atoms with van der Waals surface area (Å²) in [6, 6.07) is 12.0. The van der Waals surface area contributed by atoms with Crippen LogP contribution in [-0.2, 0) is 0 Å². The quantitative estimate of drug-likeness (QED) is 0.595. The predicted molar refractivity (Wildman–Crippen MR) is 104 cm³/mol. The fraction of sp³-hybridized carbons (Fsp3) is 0.286. The highest BCUT2D eigenvalue weighted by Gasteiger charge is 2.28. The Morgan fingerprint density at radius 3 is 2.93 bits per heavy atom. The third kappa shape index (κ3) is 2.87. The molecule has 1 aromatic carbocycles. The first-order chi connectivity index (χ1) is 13.2. The molecule has 0 radical (unpaired) electrons. The van der Waals surface area contributed by atoms with Gasteiger partial charge in [0.25, 0.3) is 5.91 Å². The average molecular weight is 359 g/mol. The number of carbonyl (C=O) groups is 1. The van der Waals surface area contributed by atoms with Crippen LogP contribution < -0.4 is 0 Å². The monoisotopic (exact) mass is 359 g/mol. The van der Waals surface area contributed by atoms with Crippen LogP contribution in [0.5, 0.6) is 0 Å². The molecule has 0 bridgehead atoms. The molecule has 3 aromatic heterocycles. The third-order valence-electron chi connectivity index (χ3n) is 5.32. The van der Waals surface area contributed by atoms with Crippen molar-refractivity contribution in [1.29, 1.82) is 0 Å². The second-order valence-electron chi connectivity index (χ2n) is 7.33. The number of nitrogens with one attached hydrogen (secondary N) is 1. The Morgan fingerprint density at radius 1 is 1.15 bits per heavy atom. The van der Waals surface area contributed by atoms with Crippen molar-refractivity contribution in [2.45, 2.75) is 25.7 Å². The van der Waals surface area contributed by atoms with Gasteiger partial charge in [-0.15, -0.1) is 0 Å². The number of nitrogens with zero attached hydrogens (tertiary/aromatic N) is 4. The Hall–Kier alpha value is -3.15. The summed E-state index contributed by atoms with van der Waals surface area (Å²) in [4.78, 5) is 27.6. The molecule has 6 heteroatoms. The second-order valence-corrected chi connectivity index (χ2v) is 7.33. The normalized spacial score (nSPS) is 17.7. The molecule has 1 saturated heterocycles. The van der Waals surface area contributed by atoms with E-state index in [1.807, 2.05) is 65.0 Å². The molecule has 1 aliphatic heterocycles. The van der Waals surface area contributed by atoms with Crippen molar-refractivity contribution in [2.24, 2.45) is 0 Å². The summed E-state index contributed by atoms with van der Waals surface area (Å²) in [5.74, 6) is 1.20. The third-order valence-corrected chi connectivity index (χ3v) is 5.32. The van der Waals surface area contributed by atoms with Crippen LogP contribution in [0.1, 0.15) is 40.6 Å². The van der Waals surface area contributed by atoms with Gasteiger partial charge >= 0.3 is 0 Å². The van der Waals surface area contributed by atoms with Crippen molar-refractivity contribution in [3.63, 3.8) is 0 Å². The van der Waals surface area contributed by atoms with Gasteiger partial charge in [0, 0.05) is 31.4 Å². The molecular formula is C21H21N5O. The van der Waals surface area contributed by atoms with Gasteiger partial charge in [-0.05, 0) is 43.5 Å². The number of imidazole rings is 2. The number of hydrogen-bond acceptors (Lipinski definition) is 3. The summed E-state index contributed by atoms with van der Waals surface area (Å²) >= 11 is 0. The standard InChI is InChI=1S/C21H21N5O/c1-14-8-9-19-22-18(13-26(19)11-14)21(27)25-10-4-5-15(12-25)20-23-16-6-2-3-7-17(16)24-20/h2-3,6-9,11,13,15H,4-5,10,12H2,1H3,(H,23,24)/t15-/m1/s1. The minimum atomic E-state index is -0.00263.